The lowest BCUT2D eigenvalue weighted by Crippen LogP contribution is -2.35. The molecule has 0 spiro atoms. The molecule has 0 radical (unpaired) electrons. The summed E-state index contributed by atoms with van der Waals surface area (Å²) in [5.74, 6) is 0.116. The van der Waals surface area contributed by atoms with Crippen LogP contribution in [0.3, 0.4) is 0 Å². The summed E-state index contributed by atoms with van der Waals surface area (Å²) >= 11 is 0. The molecule has 2 aliphatic heterocycles. The van der Waals surface area contributed by atoms with Crippen molar-refractivity contribution in [2.75, 3.05) is 22.9 Å². The standard InChI is InChI=1S/C16H21N3O3/c1-3-10(2)19-14-5-4-12(6-11(14)7-15(19)20)18-9-13(8-17)22-16(18)21/h4-6,10,13H,3,7-9,17H2,1-2H3. The molecule has 2 atom stereocenters. The molecule has 0 aliphatic carbocycles. The highest BCUT2D eigenvalue weighted by Gasteiger charge is 2.34. The molecular weight excluding hydrogens is 282 g/mol. The van der Waals surface area contributed by atoms with Crippen molar-refractivity contribution in [3.63, 3.8) is 0 Å². The van der Waals surface area contributed by atoms with Crippen LogP contribution in [0, 0.1) is 0 Å². The first-order valence-corrected chi connectivity index (χ1v) is 7.68. The normalized spacial score (nSPS) is 22.0. The first kappa shape index (κ1) is 14.8. The summed E-state index contributed by atoms with van der Waals surface area (Å²) in [6.45, 7) is 4.88. The van der Waals surface area contributed by atoms with Crippen molar-refractivity contribution in [3.05, 3.63) is 23.8 Å². The second-order valence-electron chi connectivity index (χ2n) is 5.86. The Bertz CT molecular complexity index is 617. The third-order valence-electron chi connectivity index (χ3n) is 4.41. The summed E-state index contributed by atoms with van der Waals surface area (Å²) in [5.41, 5.74) is 8.23. The molecular formula is C16H21N3O3. The molecule has 3 rings (SSSR count). The lowest BCUT2D eigenvalue weighted by molar-refractivity contribution is -0.117. The SMILES string of the molecule is CCC(C)N1C(=O)Cc2cc(N3CC(CN)OC3=O)ccc21. The van der Waals surface area contributed by atoms with E-state index in [1.54, 1.807) is 4.90 Å². The topological polar surface area (TPSA) is 75.9 Å². The van der Waals surface area contributed by atoms with Crippen molar-refractivity contribution < 1.29 is 14.3 Å². The third kappa shape index (κ3) is 2.33. The largest absolute Gasteiger partial charge is 0.443 e. The number of nitrogens with zero attached hydrogens (tertiary/aromatic N) is 2. The lowest BCUT2D eigenvalue weighted by atomic mass is 10.1. The van der Waals surface area contributed by atoms with Gasteiger partial charge in [-0.05, 0) is 37.1 Å². The summed E-state index contributed by atoms with van der Waals surface area (Å²) in [4.78, 5) is 27.6. The number of amides is 2. The van der Waals surface area contributed by atoms with Gasteiger partial charge in [0.05, 0.1) is 13.0 Å². The Labute approximate surface area is 129 Å². The van der Waals surface area contributed by atoms with E-state index in [4.69, 9.17) is 10.5 Å². The van der Waals surface area contributed by atoms with Gasteiger partial charge in [0.1, 0.15) is 6.10 Å². The third-order valence-corrected chi connectivity index (χ3v) is 4.41. The summed E-state index contributed by atoms with van der Waals surface area (Å²) in [7, 11) is 0. The molecule has 0 aromatic heterocycles. The zero-order chi connectivity index (χ0) is 15.9. The fourth-order valence-corrected chi connectivity index (χ4v) is 3.02. The number of carbonyl (C=O) groups excluding carboxylic acids is 2. The van der Waals surface area contributed by atoms with Crippen LogP contribution in [0.2, 0.25) is 0 Å². The number of cyclic esters (lactones) is 1. The molecule has 2 N–H and O–H groups in total. The van der Waals surface area contributed by atoms with E-state index in [2.05, 4.69) is 6.92 Å². The van der Waals surface area contributed by atoms with Crippen LogP contribution >= 0.6 is 0 Å². The molecule has 0 bridgehead atoms. The Morgan fingerprint density at radius 1 is 1.41 bits per heavy atom. The second-order valence-corrected chi connectivity index (χ2v) is 5.86. The Morgan fingerprint density at radius 3 is 2.82 bits per heavy atom. The molecule has 1 saturated heterocycles. The molecule has 1 aromatic rings. The maximum absolute atomic E-state index is 12.2. The lowest BCUT2D eigenvalue weighted by Gasteiger charge is -2.24. The van der Waals surface area contributed by atoms with Crippen molar-refractivity contribution in [2.24, 2.45) is 5.73 Å². The fraction of sp³-hybridized carbons (Fsp3) is 0.500. The van der Waals surface area contributed by atoms with Crippen molar-refractivity contribution in [1.29, 1.82) is 0 Å². The summed E-state index contributed by atoms with van der Waals surface area (Å²) in [6, 6.07) is 5.88. The summed E-state index contributed by atoms with van der Waals surface area (Å²) in [5, 5.41) is 0. The van der Waals surface area contributed by atoms with E-state index in [0.717, 1.165) is 23.4 Å². The van der Waals surface area contributed by atoms with Gasteiger partial charge in [0.25, 0.3) is 0 Å². The van der Waals surface area contributed by atoms with E-state index in [0.29, 0.717) is 19.5 Å². The van der Waals surface area contributed by atoms with Gasteiger partial charge in [-0.1, -0.05) is 6.92 Å². The first-order chi connectivity index (χ1) is 10.5. The van der Waals surface area contributed by atoms with Crippen molar-refractivity contribution in [3.8, 4) is 0 Å². The molecule has 1 aromatic carbocycles. The predicted molar refractivity (Wildman–Crippen MR) is 84.1 cm³/mol. The zero-order valence-electron chi connectivity index (χ0n) is 12.9. The van der Waals surface area contributed by atoms with E-state index >= 15 is 0 Å². The van der Waals surface area contributed by atoms with Gasteiger partial charge >= 0.3 is 6.09 Å². The van der Waals surface area contributed by atoms with Gasteiger partial charge in [0, 0.05) is 24.0 Å². The van der Waals surface area contributed by atoms with Crippen LogP contribution in [0.5, 0.6) is 0 Å². The minimum absolute atomic E-state index is 0.116. The first-order valence-electron chi connectivity index (χ1n) is 7.68. The highest BCUT2D eigenvalue weighted by Crippen LogP contribution is 2.35. The maximum atomic E-state index is 12.2. The number of nitrogens with two attached hydrogens (primary N) is 1. The summed E-state index contributed by atoms with van der Waals surface area (Å²) in [6.07, 6.45) is 0.651. The number of anilines is 2. The van der Waals surface area contributed by atoms with E-state index in [-0.39, 0.29) is 24.1 Å². The molecule has 118 valence electrons. The van der Waals surface area contributed by atoms with Crippen LogP contribution < -0.4 is 15.5 Å². The molecule has 2 heterocycles. The molecule has 1 fully saturated rings. The Hall–Kier alpha value is -2.08. The van der Waals surface area contributed by atoms with Gasteiger partial charge in [-0.3, -0.25) is 9.69 Å². The Kier molecular flexibility index (Phi) is 3.78. The van der Waals surface area contributed by atoms with Gasteiger partial charge in [-0.25, -0.2) is 4.79 Å². The fourth-order valence-electron chi connectivity index (χ4n) is 3.02. The number of rotatable bonds is 4. The van der Waals surface area contributed by atoms with E-state index < -0.39 is 0 Å². The molecule has 2 aliphatic rings. The average Bonchev–Trinajstić information content (AvgIpc) is 3.04. The maximum Gasteiger partial charge on any atom is 0.414 e. The number of fused-ring (bicyclic) bond motifs is 1. The second kappa shape index (κ2) is 5.61. The average molecular weight is 303 g/mol. The van der Waals surface area contributed by atoms with Gasteiger partial charge in [-0.2, -0.15) is 0 Å². The molecule has 0 saturated carbocycles. The monoisotopic (exact) mass is 303 g/mol. The molecule has 6 nitrogen and oxygen atoms in total. The quantitative estimate of drug-likeness (QED) is 0.918. The van der Waals surface area contributed by atoms with Gasteiger partial charge in [0.2, 0.25) is 5.91 Å². The molecule has 6 heteroatoms. The minimum atomic E-state index is -0.376. The Balaban J connectivity index is 1.89. The zero-order valence-corrected chi connectivity index (χ0v) is 12.9. The van der Waals surface area contributed by atoms with Gasteiger partial charge in [0.15, 0.2) is 0 Å². The van der Waals surface area contributed by atoms with Crippen LogP contribution in [0.4, 0.5) is 16.2 Å². The van der Waals surface area contributed by atoms with Crippen LogP contribution in [-0.2, 0) is 16.0 Å². The van der Waals surface area contributed by atoms with Gasteiger partial charge < -0.3 is 15.4 Å². The summed E-state index contributed by atoms with van der Waals surface area (Å²) < 4.78 is 5.18. The highest BCUT2D eigenvalue weighted by molar-refractivity contribution is 6.02. The number of hydrogen-bond acceptors (Lipinski definition) is 4. The van der Waals surface area contributed by atoms with E-state index in [1.165, 1.54) is 0 Å². The van der Waals surface area contributed by atoms with Crippen molar-refractivity contribution in [1.82, 2.24) is 0 Å². The van der Waals surface area contributed by atoms with Crippen molar-refractivity contribution >= 4 is 23.4 Å². The molecule has 22 heavy (non-hydrogen) atoms. The van der Waals surface area contributed by atoms with Crippen LogP contribution in [-0.4, -0.2) is 37.2 Å². The predicted octanol–water partition coefficient (Wildman–Crippen LogP) is 1.66. The van der Waals surface area contributed by atoms with E-state index in [1.807, 2.05) is 30.0 Å². The smallest absolute Gasteiger partial charge is 0.414 e. The van der Waals surface area contributed by atoms with Crippen molar-refractivity contribution in [2.45, 2.75) is 38.8 Å². The van der Waals surface area contributed by atoms with Crippen LogP contribution in [0.25, 0.3) is 0 Å². The van der Waals surface area contributed by atoms with Crippen LogP contribution in [0.15, 0.2) is 18.2 Å². The molecule has 2 amide bonds. The molecule has 2 unspecified atom stereocenters. The highest BCUT2D eigenvalue weighted by atomic mass is 16.6. The van der Waals surface area contributed by atoms with Gasteiger partial charge in [-0.15, -0.1) is 0 Å². The van der Waals surface area contributed by atoms with Crippen LogP contribution in [0.1, 0.15) is 25.8 Å². The number of carbonyl (C=O) groups is 2. The van der Waals surface area contributed by atoms with E-state index in [9.17, 15) is 9.59 Å². The number of hydrogen-bond donors (Lipinski definition) is 1. The minimum Gasteiger partial charge on any atom is -0.443 e. The Morgan fingerprint density at radius 2 is 2.18 bits per heavy atom. The number of ether oxygens (including phenoxy) is 1. The number of benzene rings is 1.